The van der Waals surface area contributed by atoms with Crippen molar-refractivity contribution in [2.24, 2.45) is 0 Å². The van der Waals surface area contributed by atoms with Crippen molar-refractivity contribution in [1.29, 1.82) is 0 Å². The largest absolute Gasteiger partial charge is 0.269 e. The van der Waals surface area contributed by atoms with Crippen molar-refractivity contribution < 1.29 is 9.59 Å². The van der Waals surface area contributed by atoms with Gasteiger partial charge in [-0.2, -0.15) is 0 Å². The first kappa shape index (κ1) is 13.8. The monoisotopic (exact) mass is 299 g/mol. The van der Waals surface area contributed by atoms with E-state index in [0.717, 1.165) is 16.3 Å². The topological polar surface area (TPSA) is 37.4 Å². The van der Waals surface area contributed by atoms with Gasteiger partial charge in [-0.25, -0.2) is 4.90 Å². The summed E-state index contributed by atoms with van der Waals surface area (Å²) >= 11 is 6.35. The number of benzene rings is 2. The Morgan fingerprint density at radius 2 is 1.57 bits per heavy atom. The second-order valence-electron chi connectivity index (χ2n) is 5.34. The molecular weight excluding hydrogens is 286 g/mol. The molecule has 3 nitrogen and oxygen atoms in total. The van der Waals surface area contributed by atoms with Crippen molar-refractivity contribution in [3.05, 3.63) is 53.1 Å². The van der Waals surface area contributed by atoms with Gasteiger partial charge in [-0.15, -0.1) is 0 Å². The average molecular weight is 300 g/mol. The highest BCUT2D eigenvalue weighted by atomic mass is 35.5. The first-order valence-corrected chi connectivity index (χ1v) is 7.15. The number of amides is 2. The number of halogens is 1. The van der Waals surface area contributed by atoms with Gasteiger partial charge in [0.1, 0.15) is 0 Å². The summed E-state index contributed by atoms with van der Waals surface area (Å²) in [6.45, 7) is 4.03. The number of fused-ring (bicyclic) bond motifs is 1. The molecule has 1 aliphatic rings. The molecule has 1 heterocycles. The molecule has 0 aromatic heterocycles. The highest BCUT2D eigenvalue weighted by Crippen LogP contribution is 2.40. The third-order valence-corrected chi connectivity index (χ3v) is 3.96. The molecule has 4 heteroatoms. The van der Waals surface area contributed by atoms with Crippen LogP contribution in [-0.4, -0.2) is 11.8 Å². The minimum Gasteiger partial charge on any atom is -0.269 e. The van der Waals surface area contributed by atoms with E-state index < -0.39 is 0 Å². The van der Waals surface area contributed by atoms with E-state index in [0.29, 0.717) is 10.7 Å². The quantitative estimate of drug-likeness (QED) is 0.785. The minimum absolute atomic E-state index is 0.142. The van der Waals surface area contributed by atoms with Gasteiger partial charge in [0.15, 0.2) is 0 Å². The number of rotatable bonds is 2. The second kappa shape index (κ2) is 5.01. The Morgan fingerprint density at radius 1 is 1.00 bits per heavy atom. The molecule has 0 saturated heterocycles. The van der Waals surface area contributed by atoms with E-state index in [-0.39, 0.29) is 17.7 Å². The van der Waals surface area contributed by atoms with E-state index in [1.165, 1.54) is 17.1 Å². The zero-order valence-corrected chi connectivity index (χ0v) is 12.5. The lowest BCUT2D eigenvalue weighted by atomic mass is 9.95. The fourth-order valence-corrected chi connectivity index (χ4v) is 2.93. The predicted molar refractivity (Wildman–Crippen MR) is 84.7 cm³/mol. The van der Waals surface area contributed by atoms with Crippen LogP contribution in [0.3, 0.4) is 0 Å². The Bertz CT molecular complexity index is 775. The molecular formula is C17H14ClNO2. The van der Waals surface area contributed by atoms with E-state index in [1.54, 1.807) is 0 Å². The Kier molecular flexibility index (Phi) is 3.30. The van der Waals surface area contributed by atoms with Crippen molar-refractivity contribution in [3.8, 4) is 0 Å². The van der Waals surface area contributed by atoms with Crippen molar-refractivity contribution in [2.45, 2.75) is 19.8 Å². The lowest BCUT2D eigenvalue weighted by Gasteiger charge is -2.23. The smallest absolute Gasteiger partial charge is 0.258 e. The van der Waals surface area contributed by atoms with Gasteiger partial charge in [0, 0.05) is 27.9 Å². The van der Waals surface area contributed by atoms with Gasteiger partial charge in [0.25, 0.3) is 11.8 Å². The van der Waals surface area contributed by atoms with Gasteiger partial charge >= 0.3 is 0 Å². The van der Waals surface area contributed by atoms with Crippen LogP contribution in [0.4, 0.5) is 5.69 Å². The lowest BCUT2D eigenvalue weighted by Crippen LogP contribution is -2.31. The average Bonchev–Trinajstić information content (AvgIpc) is 2.78. The van der Waals surface area contributed by atoms with Crippen LogP contribution >= 0.6 is 11.6 Å². The first-order valence-electron chi connectivity index (χ1n) is 6.78. The van der Waals surface area contributed by atoms with Gasteiger partial charge in [-0.1, -0.05) is 49.7 Å². The number of hydrogen-bond donors (Lipinski definition) is 0. The second-order valence-corrected chi connectivity index (χ2v) is 5.75. The van der Waals surface area contributed by atoms with Crippen LogP contribution in [0.25, 0.3) is 10.8 Å². The summed E-state index contributed by atoms with van der Waals surface area (Å²) in [5, 5.41) is 2.29. The number of nitrogens with zero attached hydrogens (tertiary/aromatic N) is 1. The van der Waals surface area contributed by atoms with Crippen molar-refractivity contribution >= 4 is 39.9 Å². The molecule has 106 valence electrons. The number of carbonyl (C=O) groups excluding carboxylic acids is 2. The minimum atomic E-state index is -0.311. The summed E-state index contributed by atoms with van der Waals surface area (Å²) in [6, 6.07) is 9.40. The number of hydrogen-bond acceptors (Lipinski definition) is 2. The van der Waals surface area contributed by atoms with E-state index in [4.69, 9.17) is 11.6 Å². The normalized spacial score (nSPS) is 14.8. The van der Waals surface area contributed by atoms with Crippen molar-refractivity contribution in [1.82, 2.24) is 0 Å². The molecule has 0 bridgehead atoms. The van der Waals surface area contributed by atoms with Gasteiger partial charge < -0.3 is 0 Å². The molecule has 0 fully saturated rings. The number of carbonyl (C=O) groups is 2. The Labute approximate surface area is 127 Å². The van der Waals surface area contributed by atoms with E-state index in [2.05, 4.69) is 0 Å². The van der Waals surface area contributed by atoms with Gasteiger partial charge in [-0.05, 0) is 17.5 Å². The van der Waals surface area contributed by atoms with Gasteiger partial charge in [-0.3, -0.25) is 9.59 Å². The Hall–Kier alpha value is -2.13. The Balaban J connectivity index is 2.39. The molecule has 1 aliphatic heterocycles. The van der Waals surface area contributed by atoms with E-state index in [9.17, 15) is 9.59 Å². The molecule has 3 rings (SSSR count). The van der Waals surface area contributed by atoms with Crippen LogP contribution in [0.5, 0.6) is 0 Å². The molecule has 0 atom stereocenters. The first-order chi connectivity index (χ1) is 10.0. The van der Waals surface area contributed by atoms with Crippen molar-refractivity contribution in [2.75, 3.05) is 4.90 Å². The highest BCUT2D eigenvalue weighted by molar-refractivity contribution is 6.37. The summed E-state index contributed by atoms with van der Waals surface area (Å²) < 4.78 is 0. The van der Waals surface area contributed by atoms with E-state index in [1.807, 2.05) is 44.2 Å². The maximum atomic E-state index is 12.1. The van der Waals surface area contributed by atoms with Gasteiger partial charge in [0.05, 0.1) is 5.69 Å². The molecule has 2 aromatic carbocycles. The van der Waals surface area contributed by atoms with Gasteiger partial charge in [0.2, 0.25) is 0 Å². The van der Waals surface area contributed by atoms with Crippen LogP contribution in [0, 0.1) is 0 Å². The zero-order valence-electron chi connectivity index (χ0n) is 11.8. The Morgan fingerprint density at radius 3 is 2.14 bits per heavy atom. The van der Waals surface area contributed by atoms with Crippen LogP contribution in [0.2, 0.25) is 5.02 Å². The third-order valence-electron chi connectivity index (χ3n) is 3.65. The molecule has 0 spiro atoms. The fourth-order valence-electron chi connectivity index (χ4n) is 2.65. The molecule has 0 radical (unpaired) electrons. The maximum Gasteiger partial charge on any atom is 0.258 e. The molecule has 21 heavy (non-hydrogen) atoms. The standard InChI is InChI=1S/C17H14ClNO2/c1-10(2)13-9-14(18)11-5-3-4-6-12(11)17(13)19-15(20)7-8-16(19)21/h3-10H,1-2H3. The SMILES string of the molecule is CC(C)c1cc(Cl)c2ccccc2c1N1C(=O)C=CC1=O. The molecule has 0 unspecified atom stereocenters. The summed E-state index contributed by atoms with van der Waals surface area (Å²) in [5.74, 6) is -0.480. The van der Waals surface area contributed by atoms with Crippen molar-refractivity contribution in [3.63, 3.8) is 0 Å². The maximum absolute atomic E-state index is 12.1. The summed E-state index contributed by atoms with van der Waals surface area (Å²) in [4.78, 5) is 25.4. The fraction of sp³-hybridized carbons (Fsp3) is 0.176. The summed E-state index contributed by atoms with van der Waals surface area (Å²) in [6.07, 6.45) is 2.60. The van der Waals surface area contributed by atoms with Crippen LogP contribution < -0.4 is 4.90 Å². The van der Waals surface area contributed by atoms with Crippen LogP contribution in [0.15, 0.2) is 42.5 Å². The van der Waals surface area contributed by atoms with Crippen LogP contribution in [0.1, 0.15) is 25.3 Å². The third kappa shape index (κ3) is 2.14. The zero-order chi connectivity index (χ0) is 15.1. The molecule has 0 saturated carbocycles. The number of imide groups is 1. The lowest BCUT2D eigenvalue weighted by molar-refractivity contribution is -0.119. The highest BCUT2D eigenvalue weighted by Gasteiger charge is 2.30. The van der Waals surface area contributed by atoms with Crippen LogP contribution in [-0.2, 0) is 9.59 Å². The predicted octanol–water partition coefficient (Wildman–Crippen LogP) is 4.05. The van der Waals surface area contributed by atoms with E-state index >= 15 is 0 Å². The molecule has 0 aliphatic carbocycles. The summed E-state index contributed by atoms with van der Waals surface area (Å²) in [5.41, 5.74) is 1.54. The summed E-state index contributed by atoms with van der Waals surface area (Å²) in [7, 11) is 0. The molecule has 2 aromatic rings. The number of anilines is 1. The molecule has 0 N–H and O–H groups in total. The molecule has 2 amide bonds.